The molecule has 0 bridgehead atoms. The number of ether oxygens (including phenoxy) is 1. The third-order valence-corrected chi connectivity index (χ3v) is 4.48. The van der Waals surface area contributed by atoms with E-state index in [-0.39, 0.29) is 17.7 Å². The van der Waals surface area contributed by atoms with Crippen molar-refractivity contribution < 1.29 is 24.0 Å². The van der Waals surface area contributed by atoms with Gasteiger partial charge in [-0.25, -0.2) is 4.79 Å². The number of H-pyrrole nitrogens is 1. The lowest BCUT2D eigenvalue weighted by molar-refractivity contribution is -0.895. The van der Waals surface area contributed by atoms with E-state index in [2.05, 4.69) is 4.98 Å². The van der Waals surface area contributed by atoms with Crippen molar-refractivity contribution in [2.24, 2.45) is 0 Å². The fourth-order valence-electron chi connectivity index (χ4n) is 3.27. The Labute approximate surface area is 141 Å². The van der Waals surface area contributed by atoms with Gasteiger partial charge < -0.3 is 14.6 Å². The van der Waals surface area contributed by atoms with Gasteiger partial charge in [-0.2, -0.15) is 0 Å². The lowest BCUT2D eigenvalue weighted by Crippen LogP contribution is -3.15. The molecule has 1 amide bonds. The van der Waals surface area contributed by atoms with Crippen molar-refractivity contribution in [1.29, 1.82) is 0 Å². The minimum atomic E-state index is -0.287. The summed E-state index contributed by atoms with van der Waals surface area (Å²) in [6, 6.07) is 0. The zero-order valence-corrected chi connectivity index (χ0v) is 14.8. The summed E-state index contributed by atoms with van der Waals surface area (Å²) in [5.74, 6) is -0.0293. The largest absolute Gasteiger partial charge is 0.450 e. The maximum atomic E-state index is 12.6. The Kier molecular flexibility index (Phi) is 5.77. The van der Waals surface area contributed by atoms with Crippen LogP contribution in [-0.4, -0.2) is 66.9 Å². The van der Waals surface area contributed by atoms with Gasteiger partial charge in [-0.1, -0.05) is 0 Å². The number of aryl methyl sites for hydroxylation is 1. The molecule has 2 N–H and O–H groups in total. The normalized spacial score (nSPS) is 15.4. The number of Topliss-reactive ketones (excluding diaryl/α,β-unsaturated/α-hetero) is 2. The van der Waals surface area contributed by atoms with Gasteiger partial charge in [-0.3, -0.25) is 14.5 Å². The summed E-state index contributed by atoms with van der Waals surface area (Å²) in [5, 5.41) is 0. The highest BCUT2D eigenvalue weighted by Gasteiger charge is 2.28. The molecule has 1 saturated heterocycles. The van der Waals surface area contributed by atoms with Gasteiger partial charge in [0.2, 0.25) is 5.78 Å². The number of amides is 1. The van der Waals surface area contributed by atoms with Crippen molar-refractivity contribution in [1.82, 2.24) is 9.88 Å². The maximum absolute atomic E-state index is 12.6. The Morgan fingerprint density at radius 1 is 1.21 bits per heavy atom. The standard InChI is InChI=1S/C17H25N3O4/c1-5-24-17(23)20-8-6-19(7-9-20)10-14(22)16-11(2)15(13(4)21)12(3)18-16/h18H,5-10H2,1-4H3/p+1. The zero-order chi connectivity index (χ0) is 17.9. The molecular weight excluding hydrogens is 310 g/mol. The molecule has 0 saturated carbocycles. The summed E-state index contributed by atoms with van der Waals surface area (Å²) >= 11 is 0. The van der Waals surface area contributed by atoms with E-state index in [1.54, 1.807) is 11.8 Å². The number of piperazine rings is 1. The van der Waals surface area contributed by atoms with Crippen molar-refractivity contribution >= 4 is 17.7 Å². The van der Waals surface area contributed by atoms with E-state index >= 15 is 0 Å². The van der Waals surface area contributed by atoms with Crippen molar-refractivity contribution in [3.05, 3.63) is 22.5 Å². The Hall–Kier alpha value is -2.15. The van der Waals surface area contributed by atoms with Gasteiger partial charge in [-0.05, 0) is 33.3 Å². The first-order valence-electron chi connectivity index (χ1n) is 8.33. The van der Waals surface area contributed by atoms with Crippen LogP contribution in [0.4, 0.5) is 4.79 Å². The molecule has 0 spiro atoms. The average Bonchev–Trinajstić information content (AvgIpc) is 2.83. The van der Waals surface area contributed by atoms with Crippen LogP contribution in [0.5, 0.6) is 0 Å². The number of hydrogen-bond donors (Lipinski definition) is 2. The van der Waals surface area contributed by atoms with Crippen LogP contribution in [0.3, 0.4) is 0 Å². The van der Waals surface area contributed by atoms with Crippen LogP contribution in [0.2, 0.25) is 0 Å². The maximum Gasteiger partial charge on any atom is 0.410 e. The molecule has 7 heteroatoms. The summed E-state index contributed by atoms with van der Waals surface area (Å²) in [6.45, 7) is 10.2. The molecule has 1 aromatic heterocycles. The summed E-state index contributed by atoms with van der Waals surface area (Å²) in [6.07, 6.45) is -0.287. The zero-order valence-electron chi connectivity index (χ0n) is 14.8. The summed E-state index contributed by atoms with van der Waals surface area (Å²) < 4.78 is 4.99. The van der Waals surface area contributed by atoms with Crippen LogP contribution < -0.4 is 4.90 Å². The highest BCUT2D eigenvalue weighted by Crippen LogP contribution is 2.18. The smallest absolute Gasteiger partial charge is 0.410 e. The van der Waals surface area contributed by atoms with E-state index in [0.717, 1.165) is 16.2 Å². The van der Waals surface area contributed by atoms with Gasteiger partial charge in [0.25, 0.3) is 0 Å². The number of carbonyl (C=O) groups excluding carboxylic acids is 3. The number of aromatic nitrogens is 1. The molecule has 2 heterocycles. The molecule has 24 heavy (non-hydrogen) atoms. The van der Waals surface area contributed by atoms with E-state index in [1.165, 1.54) is 6.92 Å². The van der Waals surface area contributed by atoms with Gasteiger partial charge in [0.05, 0.1) is 38.5 Å². The van der Waals surface area contributed by atoms with Crippen molar-refractivity contribution in [2.45, 2.75) is 27.7 Å². The number of rotatable bonds is 5. The molecule has 1 aliphatic rings. The van der Waals surface area contributed by atoms with E-state index in [0.29, 0.717) is 50.6 Å². The summed E-state index contributed by atoms with van der Waals surface area (Å²) in [7, 11) is 0. The molecule has 0 atom stereocenters. The molecule has 7 nitrogen and oxygen atoms in total. The van der Waals surface area contributed by atoms with Crippen molar-refractivity contribution in [3.63, 3.8) is 0 Å². The second kappa shape index (κ2) is 7.61. The van der Waals surface area contributed by atoms with Gasteiger partial charge >= 0.3 is 6.09 Å². The molecule has 132 valence electrons. The molecule has 1 aromatic rings. The molecule has 1 fully saturated rings. The molecule has 0 aromatic carbocycles. The number of quaternary nitrogens is 1. The molecule has 2 rings (SSSR count). The van der Waals surface area contributed by atoms with Crippen LogP contribution in [-0.2, 0) is 4.74 Å². The highest BCUT2D eigenvalue weighted by molar-refractivity contribution is 6.03. The molecule has 0 aliphatic carbocycles. The van der Waals surface area contributed by atoms with Crippen LogP contribution in [0.15, 0.2) is 0 Å². The SMILES string of the molecule is CCOC(=O)N1CC[NH+](CC(=O)c2[nH]c(C)c(C(C)=O)c2C)CC1. The Morgan fingerprint density at radius 3 is 2.33 bits per heavy atom. The topological polar surface area (TPSA) is 83.9 Å². The van der Waals surface area contributed by atoms with Crippen molar-refractivity contribution in [3.8, 4) is 0 Å². The lowest BCUT2D eigenvalue weighted by Gasteiger charge is -2.31. The van der Waals surface area contributed by atoms with E-state index in [9.17, 15) is 14.4 Å². The summed E-state index contributed by atoms with van der Waals surface area (Å²) in [4.78, 5) is 41.8. The van der Waals surface area contributed by atoms with E-state index < -0.39 is 0 Å². The van der Waals surface area contributed by atoms with Crippen molar-refractivity contribution in [2.75, 3.05) is 39.3 Å². The number of carbonyl (C=O) groups is 3. The predicted molar refractivity (Wildman–Crippen MR) is 88.8 cm³/mol. The van der Waals surface area contributed by atoms with Gasteiger partial charge in [0.15, 0.2) is 5.78 Å². The Balaban J connectivity index is 1.96. The minimum absolute atomic E-state index is 0.00249. The minimum Gasteiger partial charge on any atom is -0.450 e. The Morgan fingerprint density at radius 2 is 1.83 bits per heavy atom. The van der Waals surface area contributed by atoms with E-state index in [4.69, 9.17) is 4.74 Å². The third-order valence-electron chi connectivity index (χ3n) is 4.48. The third kappa shape index (κ3) is 3.84. The molecule has 0 radical (unpaired) electrons. The summed E-state index contributed by atoms with van der Waals surface area (Å²) in [5.41, 5.74) is 2.61. The number of aromatic amines is 1. The first-order chi connectivity index (χ1) is 11.3. The number of nitrogens with zero attached hydrogens (tertiary/aromatic N) is 1. The van der Waals surface area contributed by atoms with Gasteiger partial charge in [0, 0.05) is 11.3 Å². The van der Waals surface area contributed by atoms with Gasteiger partial charge in [-0.15, -0.1) is 0 Å². The second-order valence-electron chi connectivity index (χ2n) is 6.22. The number of ketones is 2. The quantitative estimate of drug-likeness (QED) is 0.761. The number of hydrogen-bond acceptors (Lipinski definition) is 4. The first-order valence-corrected chi connectivity index (χ1v) is 8.33. The Bertz CT molecular complexity index is 643. The fourth-order valence-corrected chi connectivity index (χ4v) is 3.27. The van der Waals surface area contributed by atoms with Crippen LogP contribution in [0, 0.1) is 13.8 Å². The number of nitrogens with one attached hydrogen (secondary N) is 2. The van der Waals surface area contributed by atoms with Crippen LogP contribution >= 0.6 is 0 Å². The van der Waals surface area contributed by atoms with E-state index in [1.807, 2.05) is 13.8 Å². The lowest BCUT2D eigenvalue weighted by atomic mass is 10.1. The van der Waals surface area contributed by atoms with Gasteiger partial charge in [0.1, 0.15) is 6.54 Å². The highest BCUT2D eigenvalue weighted by atomic mass is 16.6. The fraction of sp³-hybridized carbons (Fsp3) is 0.588. The van der Waals surface area contributed by atoms with Crippen LogP contribution in [0.25, 0.3) is 0 Å². The molecule has 0 unspecified atom stereocenters. The molecular formula is C17H26N3O4+. The predicted octanol–water partition coefficient (Wildman–Crippen LogP) is 0.374. The molecule has 1 aliphatic heterocycles. The second-order valence-corrected chi connectivity index (χ2v) is 6.22. The van der Waals surface area contributed by atoms with Crippen LogP contribution in [0.1, 0.15) is 46.0 Å². The monoisotopic (exact) mass is 336 g/mol. The average molecular weight is 336 g/mol. The first kappa shape index (κ1) is 18.2.